The number of hydrogen-bond donors (Lipinski definition) is 2. The van der Waals surface area contributed by atoms with Crippen molar-refractivity contribution in [1.29, 1.82) is 0 Å². The fourth-order valence-corrected chi connectivity index (χ4v) is 2.97. The summed E-state index contributed by atoms with van der Waals surface area (Å²) in [6.07, 6.45) is 1.39. The Morgan fingerprint density at radius 3 is 3.06 bits per heavy atom. The molecule has 18 heavy (non-hydrogen) atoms. The molecule has 0 bridgehead atoms. The number of nitrogens with one attached hydrogen (secondary N) is 2. The predicted molar refractivity (Wildman–Crippen MR) is 71.5 cm³/mol. The molecular weight excluding hydrogens is 274 g/mol. The van der Waals surface area contributed by atoms with Crippen LogP contribution in [0.4, 0.5) is 0 Å². The van der Waals surface area contributed by atoms with Crippen molar-refractivity contribution in [3.63, 3.8) is 0 Å². The summed E-state index contributed by atoms with van der Waals surface area (Å²) in [5, 5.41) is 0. The molecule has 1 aliphatic rings. The average Bonchev–Trinajstić information content (AvgIpc) is 3.05. The van der Waals surface area contributed by atoms with Gasteiger partial charge in [-0.25, -0.2) is 0 Å². The molecule has 0 unspecified atom stereocenters. The van der Waals surface area contributed by atoms with Gasteiger partial charge in [-0.3, -0.25) is 25.4 Å². The number of amides is 2. The van der Waals surface area contributed by atoms with Crippen LogP contribution in [0.5, 0.6) is 0 Å². The maximum Gasteiger partial charge on any atom is 0.305 e. The first-order valence-electron chi connectivity index (χ1n) is 5.18. The highest BCUT2D eigenvalue weighted by molar-refractivity contribution is 8.39. The van der Waals surface area contributed by atoms with E-state index in [0.29, 0.717) is 0 Å². The molecule has 2 N–H and O–H groups in total. The number of aliphatic imine (C=N–C) groups is 1. The van der Waals surface area contributed by atoms with Crippen LogP contribution in [0.25, 0.3) is 0 Å². The fraction of sp³-hybridized carbons (Fsp3) is 0.300. The molecule has 0 saturated heterocycles. The molecule has 0 saturated carbocycles. The van der Waals surface area contributed by atoms with E-state index in [9.17, 15) is 9.59 Å². The first-order valence-corrected chi connectivity index (χ1v) is 7.15. The normalized spacial score (nSPS) is 14.1. The van der Waals surface area contributed by atoms with Crippen LogP contribution >= 0.6 is 23.5 Å². The summed E-state index contributed by atoms with van der Waals surface area (Å²) in [5.41, 5.74) is 4.58. The molecule has 2 rings (SSSR count). The number of furan rings is 1. The van der Waals surface area contributed by atoms with Crippen LogP contribution in [0.3, 0.4) is 0 Å². The van der Waals surface area contributed by atoms with Crippen LogP contribution in [-0.2, 0) is 4.79 Å². The number of thioether (sulfide) groups is 2. The molecule has 0 aromatic carbocycles. The Balaban J connectivity index is 1.67. The summed E-state index contributed by atoms with van der Waals surface area (Å²) in [4.78, 5) is 27.1. The van der Waals surface area contributed by atoms with Gasteiger partial charge in [-0.05, 0) is 12.1 Å². The van der Waals surface area contributed by atoms with Gasteiger partial charge >= 0.3 is 5.91 Å². The Hall–Kier alpha value is -1.41. The van der Waals surface area contributed by atoms with Crippen molar-refractivity contribution in [3.8, 4) is 0 Å². The maximum absolute atomic E-state index is 11.4. The summed E-state index contributed by atoms with van der Waals surface area (Å²) in [5.74, 6) is 0.586. The second-order valence-electron chi connectivity index (χ2n) is 3.26. The second kappa shape index (κ2) is 6.50. The predicted octanol–water partition coefficient (Wildman–Crippen LogP) is 0.877. The molecule has 0 aliphatic carbocycles. The number of hydrogen-bond acceptors (Lipinski definition) is 6. The van der Waals surface area contributed by atoms with Crippen molar-refractivity contribution >= 4 is 39.7 Å². The minimum absolute atomic E-state index is 0.152. The molecule has 0 atom stereocenters. The van der Waals surface area contributed by atoms with Gasteiger partial charge in [0, 0.05) is 5.75 Å². The van der Waals surface area contributed by atoms with Crippen molar-refractivity contribution in [2.24, 2.45) is 4.99 Å². The zero-order valence-electron chi connectivity index (χ0n) is 9.34. The van der Waals surface area contributed by atoms with E-state index in [0.717, 1.165) is 16.7 Å². The van der Waals surface area contributed by atoms with E-state index < -0.39 is 5.91 Å². The zero-order chi connectivity index (χ0) is 12.8. The first-order chi connectivity index (χ1) is 8.75. The highest BCUT2D eigenvalue weighted by Crippen LogP contribution is 2.21. The Morgan fingerprint density at radius 1 is 1.50 bits per heavy atom. The molecule has 1 aromatic heterocycles. The molecule has 2 amide bonds. The van der Waals surface area contributed by atoms with Gasteiger partial charge in [0.15, 0.2) is 5.76 Å². The van der Waals surface area contributed by atoms with E-state index in [-0.39, 0.29) is 17.4 Å². The van der Waals surface area contributed by atoms with Crippen molar-refractivity contribution in [3.05, 3.63) is 24.2 Å². The molecule has 8 heteroatoms. The number of carbonyl (C=O) groups excluding carboxylic acids is 2. The van der Waals surface area contributed by atoms with Gasteiger partial charge in [-0.15, -0.1) is 0 Å². The van der Waals surface area contributed by atoms with Crippen molar-refractivity contribution in [2.75, 3.05) is 18.1 Å². The highest BCUT2D eigenvalue weighted by atomic mass is 32.2. The van der Waals surface area contributed by atoms with E-state index in [1.165, 1.54) is 24.1 Å². The van der Waals surface area contributed by atoms with Crippen LogP contribution in [0, 0.1) is 0 Å². The molecular formula is C10H11N3O3S2. The molecule has 1 aliphatic heterocycles. The summed E-state index contributed by atoms with van der Waals surface area (Å²) in [6.45, 7) is 0.809. The molecule has 0 fully saturated rings. The molecule has 0 spiro atoms. The summed E-state index contributed by atoms with van der Waals surface area (Å²) < 4.78 is 5.80. The highest BCUT2D eigenvalue weighted by Gasteiger charge is 2.12. The van der Waals surface area contributed by atoms with E-state index in [1.54, 1.807) is 17.8 Å². The van der Waals surface area contributed by atoms with Gasteiger partial charge in [0.25, 0.3) is 0 Å². The van der Waals surface area contributed by atoms with Crippen LogP contribution in [0.2, 0.25) is 0 Å². The molecule has 2 heterocycles. The van der Waals surface area contributed by atoms with Gasteiger partial charge in [0.05, 0.1) is 18.6 Å². The monoisotopic (exact) mass is 285 g/mol. The largest absolute Gasteiger partial charge is 0.459 e. The molecule has 96 valence electrons. The van der Waals surface area contributed by atoms with Crippen molar-refractivity contribution < 1.29 is 14.0 Å². The molecule has 6 nitrogen and oxygen atoms in total. The molecule has 1 aromatic rings. The Bertz CT molecular complexity index is 459. The van der Waals surface area contributed by atoms with E-state index in [1.807, 2.05) is 0 Å². The SMILES string of the molecule is O=C(CSC1=NCCS1)NNC(=O)c1ccco1. The minimum atomic E-state index is -0.481. The zero-order valence-corrected chi connectivity index (χ0v) is 11.0. The third kappa shape index (κ3) is 3.81. The fourth-order valence-electron chi connectivity index (χ4n) is 1.16. The summed E-state index contributed by atoms with van der Waals surface area (Å²) in [7, 11) is 0. The lowest BCUT2D eigenvalue weighted by atomic mass is 10.4. The quantitative estimate of drug-likeness (QED) is 0.805. The van der Waals surface area contributed by atoms with Gasteiger partial charge in [0.1, 0.15) is 4.38 Å². The van der Waals surface area contributed by atoms with Gasteiger partial charge < -0.3 is 4.42 Å². The van der Waals surface area contributed by atoms with Gasteiger partial charge in [-0.2, -0.15) is 0 Å². The van der Waals surface area contributed by atoms with Crippen molar-refractivity contribution in [2.45, 2.75) is 0 Å². The van der Waals surface area contributed by atoms with E-state index >= 15 is 0 Å². The smallest absolute Gasteiger partial charge is 0.305 e. The number of carbonyl (C=O) groups is 2. The third-order valence-electron chi connectivity index (χ3n) is 1.94. The number of nitrogens with zero attached hydrogens (tertiary/aromatic N) is 1. The van der Waals surface area contributed by atoms with Crippen LogP contribution < -0.4 is 10.9 Å². The second-order valence-corrected chi connectivity index (χ2v) is 5.57. The maximum atomic E-state index is 11.4. The topological polar surface area (TPSA) is 83.7 Å². The van der Waals surface area contributed by atoms with Crippen LogP contribution in [0.15, 0.2) is 27.8 Å². The standard InChI is InChI=1S/C10H11N3O3S2/c14-8(6-18-10-11-3-5-17-10)12-13-9(15)7-2-1-4-16-7/h1-2,4H,3,5-6H2,(H,12,14)(H,13,15). The third-order valence-corrected chi connectivity index (χ3v) is 4.20. The lowest BCUT2D eigenvalue weighted by Gasteiger charge is -2.05. The Labute approximate surface area is 112 Å². The van der Waals surface area contributed by atoms with Gasteiger partial charge in [-0.1, -0.05) is 23.5 Å². The van der Waals surface area contributed by atoms with Crippen molar-refractivity contribution in [1.82, 2.24) is 10.9 Å². The van der Waals surface area contributed by atoms with Crippen LogP contribution in [0.1, 0.15) is 10.6 Å². The average molecular weight is 285 g/mol. The Morgan fingerprint density at radius 2 is 2.39 bits per heavy atom. The minimum Gasteiger partial charge on any atom is -0.459 e. The van der Waals surface area contributed by atoms with Gasteiger partial charge in [0.2, 0.25) is 5.91 Å². The molecule has 0 radical (unpaired) electrons. The lowest BCUT2D eigenvalue weighted by Crippen LogP contribution is -2.42. The summed E-state index contributed by atoms with van der Waals surface area (Å²) >= 11 is 3.00. The van der Waals surface area contributed by atoms with E-state index in [2.05, 4.69) is 15.8 Å². The van der Waals surface area contributed by atoms with E-state index in [4.69, 9.17) is 4.42 Å². The lowest BCUT2D eigenvalue weighted by molar-refractivity contribution is -0.119. The van der Waals surface area contributed by atoms with Crippen LogP contribution in [-0.4, -0.2) is 34.2 Å². The summed E-state index contributed by atoms with van der Waals surface area (Å²) in [6, 6.07) is 3.11. The first kappa shape index (κ1) is 13.0. The number of rotatable bonds is 3. The Kier molecular flexibility index (Phi) is 4.71. The number of hydrazine groups is 1.